The number of benzene rings is 2. The summed E-state index contributed by atoms with van der Waals surface area (Å²) in [6.07, 6.45) is 0. The number of halogens is 2. The van der Waals surface area contributed by atoms with Gasteiger partial charge in [-0.15, -0.1) is 0 Å². The van der Waals surface area contributed by atoms with Gasteiger partial charge in [0.2, 0.25) is 0 Å². The molecule has 5 nitrogen and oxygen atoms in total. The molecule has 0 bridgehead atoms. The molecule has 1 amide bonds. The Kier molecular flexibility index (Phi) is 5.58. The van der Waals surface area contributed by atoms with E-state index in [0.717, 1.165) is 12.1 Å². The fraction of sp³-hybridized carbons (Fsp3) is 0.118. The highest BCUT2D eigenvalue weighted by Gasteiger charge is 2.12. The molecule has 7 heteroatoms. The largest absolute Gasteiger partial charge is 0.484 e. The number of carbonyl (C=O) groups is 1. The van der Waals surface area contributed by atoms with Crippen molar-refractivity contribution in [1.29, 1.82) is 5.26 Å². The molecule has 0 radical (unpaired) electrons. The highest BCUT2D eigenvalue weighted by atomic mass is 19.1. The zero-order valence-electron chi connectivity index (χ0n) is 12.7. The zero-order chi connectivity index (χ0) is 17.5. The van der Waals surface area contributed by atoms with Gasteiger partial charge in [-0.25, -0.2) is 14.2 Å². The molecular weight excluding hydrogens is 316 g/mol. The quantitative estimate of drug-likeness (QED) is 0.677. The summed E-state index contributed by atoms with van der Waals surface area (Å²) in [5.41, 5.74) is 2.34. The SMILES string of the molecule is C/C(=N/NC(=O)COc1ccc(C#N)cc1)c1c(F)cccc1F. The second-order valence-electron chi connectivity index (χ2n) is 4.75. The predicted molar refractivity (Wildman–Crippen MR) is 83.4 cm³/mol. The average Bonchev–Trinajstić information content (AvgIpc) is 2.58. The number of rotatable bonds is 5. The van der Waals surface area contributed by atoms with Crippen LogP contribution in [0.2, 0.25) is 0 Å². The Morgan fingerprint density at radius 1 is 1.21 bits per heavy atom. The van der Waals surface area contributed by atoms with Crippen LogP contribution in [0.25, 0.3) is 0 Å². The standard InChI is InChI=1S/C17H13F2N3O2/c1-11(17-14(18)3-2-4-15(17)19)21-22-16(23)10-24-13-7-5-12(9-20)6-8-13/h2-8H,10H2,1H3,(H,22,23)/b21-11-. The molecule has 1 N–H and O–H groups in total. The molecule has 0 fully saturated rings. The van der Waals surface area contributed by atoms with Crippen molar-refractivity contribution in [3.63, 3.8) is 0 Å². The Morgan fingerprint density at radius 2 is 1.83 bits per heavy atom. The Bertz CT molecular complexity index is 791. The van der Waals surface area contributed by atoms with Gasteiger partial charge >= 0.3 is 0 Å². The lowest BCUT2D eigenvalue weighted by molar-refractivity contribution is -0.123. The number of hydrogen-bond donors (Lipinski definition) is 1. The van der Waals surface area contributed by atoms with Crippen LogP contribution in [0.3, 0.4) is 0 Å². The van der Waals surface area contributed by atoms with Gasteiger partial charge in [-0.3, -0.25) is 4.79 Å². The van der Waals surface area contributed by atoms with E-state index in [1.54, 1.807) is 24.3 Å². The first-order valence-corrected chi connectivity index (χ1v) is 6.91. The fourth-order valence-electron chi connectivity index (χ4n) is 1.85. The van der Waals surface area contributed by atoms with Crippen molar-refractivity contribution in [1.82, 2.24) is 5.43 Å². The number of nitrogens with zero attached hydrogens (tertiary/aromatic N) is 2. The normalized spacial score (nSPS) is 10.8. The topological polar surface area (TPSA) is 74.5 Å². The molecule has 2 aromatic carbocycles. The maximum atomic E-state index is 13.6. The summed E-state index contributed by atoms with van der Waals surface area (Å²) in [7, 11) is 0. The predicted octanol–water partition coefficient (Wildman–Crippen LogP) is 2.76. The van der Waals surface area contributed by atoms with Crippen molar-refractivity contribution in [3.05, 3.63) is 65.2 Å². The lowest BCUT2D eigenvalue weighted by Gasteiger charge is -2.07. The van der Waals surface area contributed by atoms with Crippen LogP contribution >= 0.6 is 0 Å². The molecule has 24 heavy (non-hydrogen) atoms. The van der Waals surface area contributed by atoms with Crippen LogP contribution in [0.5, 0.6) is 5.75 Å². The lowest BCUT2D eigenvalue weighted by Crippen LogP contribution is -2.26. The van der Waals surface area contributed by atoms with Crippen molar-refractivity contribution in [2.75, 3.05) is 6.61 Å². The molecule has 122 valence electrons. The zero-order valence-corrected chi connectivity index (χ0v) is 12.7. The molecule has 0 atom stereocenters. The Morgan fingerprint density at radius 3 is 2.42 bits per heavy atom. The van der Waals surface area contributed by atoms with Gasteiger partial charge in [-0.2, -0.15) is 10.4 Å². The molecular formula is C17H13F2N3O2. The summed E-state index contributed by atoms with van der Waals surface area (Å²) in [5.74, 6) is -1.71. The van der Waals surface area contributed by atoms with E-state index >= 15 is 0 Å². The average molecular weight is 329 g/mol. The van der Waals surface area contributed by atoms with E-state index in [4.69, 9.17) is 10.00 Å². The van der Waals surface area contributed by atoms with Gasteiger partial charge in [0, 0.05) is 0 Å². The highest BCUT2D eigenvalue weighted by molar-refractivity contribution is 5.99. The minimum absolute atomic E-state index is 0.00248. The van der Waals surface area contributed by atoms with E-state index in [1.807, 2.05) is 6.07 Å². The lowest BCUT2D eigenvalue weighted by atomic mass is 10.1. The van der Waals surface area contributed by atoms with Crippen LogP contribution in [-0.4, -0.2) is 18.2 Å². The molecule has 0 unspecified atom stereocenters. The van der Waals surface area contributed by atoms with Crippen LogP contribution in [0.4, 0.5) is 8.78 Å². The molecule has 0 saturated carbocycles. The van der Waals surface area contributed by atoms with E-state index in [-0.39, 0.29) is 17.9 Å². The number of ether oxygens (including phenoxy) is 1. The third-order valence-corrected chi connectivity index (χ3v) is 3.03. The maximum Gasteiger partial charge on any atom is 0.277 e. The van der Waals surface area contributed by atoms with Gasteiger partial charge in [0.25, 0.3) is 5.91 Å². The van der Waals surface area contributed by atoms with Gasteiger partial charge in [-0.05, 0) is 43.3 Å². The molecule has 0 heterocycles. The number of carbonyl (C=O) groups excluding carboxylic acids is 1. The second kappa shape index (κ2) is 7.83. The van der Waals surface area contributed by atoms with Gasteiger partial charge in [0.15, 0.2) is 6.61 Å². The number of hydrazone groups is 1. The molecule has 0 spiro atoms. The van der Waals surface area contributed by atoms with Gasteiger partial charge < -0.3 is 4.74 Å². The van der Waals surface area contributed by atoms with E-state index < -0.39 is 17.5 Å². The number of nitrogens with one attached hydrogen (secondary N) is 1. The van der Waals surface area contributed by atoms with E-state index in [2.05, 4.69) is 10.5 Å². The first-order chi connectivity index (χ1) is 11.5. The summed E-state index contributed by atoms with van der Waals surface area (Å²) in [4.78, 5) is 11.7. The molecule has 2 aromatic rings. The minimum Gasteiger partial charge on any atom is -0.484 e. The summed E-state index contributed by atoms with van der Waals surface area (Å²) < 4.78 is 32.4. The first-order valence-electron chi connectivity index (χ1n) is 6.91. The van der Waals surface area contributed by atoms with E-state index in [0.29, 0.717) is 11.3 Å². The molecule has 0 aliphatic carbocycles. The van der Waals surface area contributed by atoms with E-state index in [1.165, 1.54) is 13.0 Å². The van der Waals surface area contributed by atoms with Crippen molar-refractivity contribution >= 4 is 11.6 Å². The van der Waals surface area contributed by atoms with E-state index in [9.17, 15) is 13.6 Å². The minimum atomic E-state index is -0.765. The smallest absolute Gasteiger partial charge is 0.277 e. The third kappa shape index (κ3) is 4.36. The number of amides is 1. The van der Waals surface area contributed by atoms with Crippen molar-refractivity contribution in [2.45, 2.75) is 6.92 Å². The maximum absolute atomic E-state index is 13.6. The molecule has 0 saturated heterocycles. The molecule has 0 aliphatic rings. The Labute approximate surface area is 137 Å². The van der Waals surface area contributed by atoms with Crippen LogP contribution in [0, 0.1) is 23.0 Å². The third-order valence-electron chi connectivity index (χ3n) is 3.03. The number of nitriles is 1. The molecule has 0 aliphatic heterocycles. The van der Waals surface area contributed by atoms with Crippen LogP contribution < -0.4 is 10.2 Å². The molecule has 0 aromatic heterocycles. The van der Waals surface area contributed by atoms with Gasteiger partial charge in [-0.1, -0.05) is 6.07 Å². The summed E-state index contributed by atoms with van der Waals surface area (Å²) >= 11 is 0. The summed E-state index contributed by atoms with van der Waals surface area (Å²) in [5, 5.41) is 12.3. The van der Waals surface area contributed by atoms with Gasteiger partial charge in [0.05, 0.1) is 22.9 Å². The van der Waals surface area contributed by atoms with Crippen LogP contribution in [0.15, 0.2) is 47.6 Å². The molecule has 2 rings (SSSR count). The summed E-state index contributed by atoms with van der Waals surface area (Å²) in [6, 6.07) is 11.6. The Hall–Kier alpha value is -3.27. The fourth-order valence-corrected chi connectivity index (χ4v) is 1.85. The van der Waals surface area contributed by atoms with Crippen molar-refractivity contribution in [3.8, 4) is 11.8 Å². The monoisotopic (exact) mass is 329 g/mol. The van der Waals surface area contributed by atoms with Crippen molar-refractivity contribution in [2.24, 2.45) is 5.10 Å². The van der Waals surface area contributed by atoms with Crippen molar-refractivity contribution < 1.29 is 18.3 Å². The number of hydrogen-bond acceptors (Lipinski definition) is 4. The Balaban J connectivity index is 1.93. The highest BCUT2D eigenvalue weighted by Crippen LogP contribution is 2.13. The second-order valence-corrected chi connectivity index (χ2v) is 4.75. The summed E-state index contributed by atoms with van der Waals surface area (Å²) in [6.45, 7) is 1.05. The first kappa shape index (κ1) is 17.1. The van der Waals surface area contributed by atoms with Gasteiger partial charge in [0.1, 0.15) is 17.4 Å². The van der Waals surface area contributed by atoms with Crippen LogP contribution in [0.1, 0.15) is 18.1 Å². The van der Waals surface area contributed by atoms with Crippen LogP contribution in [-0.2, 0) is 4.79 Å².